The summed E-state index contributed by atoms with van der Waals surface area (Å²) in [6, 6.07) is 12.9. The van der Waals surface area contributed by atoms with E-state index in [4.69, 9.17) is 32.7 Å². The third-order valence-electron chi connectivity index (χ3n) is 10.3. The zero-order valence-corrected chi connectivity index (χ0v) is 27.0. The van der Waals surface area contributed by atoms with Crippen LogP contribution in [0.15, 0.2) is 66.2 Å². The highest BCUT2D eigenvalue weighted by Gasteiger charge is 2.68. The van der Waals surface area contributed by atoms with Gasteiger partial charge < -0.3 is 14.6 Å². The fourth-order valence-corrected chi connectivity index (χ4v) is 8.55. The van der Waals surface area contributed by atoms with Crippen molar-refractivity contribution in [2.24, 2.45) is 29.1 Å². The van der Waals surface area contributed by atoms with Gasteiger partial charge in [-0.1, -0.05) is 34.9 Å². The molecule has 7 rings (SSSR count). The van der Waals surface area contributed by atoms with Crippen molar-refractivity contribution in [3.05, 3.63) is 87.7 Å². The number of anilines is 2. The first kappa shape index (κ1) is 31.2. The number of imide groups is 2. The molecular formula is C35H29Cl2FN2O7. The van der Waals surface area contributed by atoms with Gasteiger partial charge in [-0.05, 0) is 68.1 Å². The molecule has 47 heavy (non-hydrogen) atoms. The van der Waals surface area contributed by atoms with Crippen molar-refractivity contribution in [1.29, 1.82) is 0 Å². The number of rotatable bonds is 5. The fraction of sp³-hybridized carbons (Fsp3) is 0.314. The maximum atomic E-state index is 14.7. The average molecular weight is 680 g/mol. The first-order valence-electron chi connectivity index (χ1n) is 15.0. The second-order valence-corrected chi connectivity index (χ2v) is 13.4. The molecule has 0 spiro atoms. The number of carbonyl (C=O) groups excluding carboxylic acids is 4. The van der Waals surface area contributed by atoms with E-state index in [9.17, 15) is 28.7 Å². The van der Waals surface area contributed by atoms with Crippen molar-refractivity contribution in [3.8, 4) is 17.2 Å². The maximum Gasteiger partial charge on any atom is 0.241 e. The fourth-order valence-electron chi connectivity index (χ4n) is 8.25. The third kappa shape index (κ3) is 4.41. The van der Waals surface area contributed by atoms with Crippen molar-refractivity contribution < 1.29 is 38.1 Å². The Morgan fingerprint density at radius 3 is 2.11 bits per heavy atom. The van der Waals surface area contributed by atoms with E-state index in [0.29, 0.717) is 21.8 Å². The molecule has 0 aromatic heterocycles. The SMILES string of the molecule is COc1cc(O)cc(OC)c1C1C2=CCC3C(=O)N(c4ccc(Cl)cc4)C(=O)C3C2CC2C(=O)N(c3ccc(F)c(Cl)c3)C(=O)C21C. The molecule has 4 aliphatic rings. The first-order valence-corrected chi connectivity index (χ1v) is 15.8. The molecule has 242 valence electrons. The van der Waals surface area contributed by atoms with Crippen LogP contribution in [0, 0.1) is 34.9 Å². The van der Waals surface area contributed by atoms with Crippen LogP contribution in [-0.2, 0) is 19.2 Å². The highest BCUT2D eigenvalue weighted by Crippen LogP contribution is 2.65. The summed E-state index contributed by atoms with van der Waals surface area (Å²) in [7, 11) is 2.83. The molecule has 6 atom stereocenters. The second-order valence-electron chi connectivity index (χ2n) is 12.5. The van der Waals surface area contributed by atoms with Crippen molar-refractivity contribution in [1.82, 2.24) is 0 Å². The summed E-state index contributed by atoms with van der Waals surface area (Å²) in [5.74, 6) is -6.16. The zero-order valence-electron chi connectivity index (χ0n) is 25.5. The van der Waals surface area contributed by atoms with Crippen molar-refractivity contribution in [2.75, 3.05) is 24.0 Å². The lowest BCUT2D eigenvalue weighted by Gasteiger charge is -2.49. The summed E-state index contributed by atoms with van der Waals surface area (Å²) in [5.41, 5.74) is 0.187. The van der Waals surface area contributed by atoms with E-state index in [1.165, 1.54) is 43.4 Å². The standard InChI is InChI=1S/C35H29Cl2FN2O7/c1-35-23(32(43)40(34(35)45)18-8-11-25(38)24(37)12-18)15-22-20(30(35)29-26(46-2)13-19(41)14-27(29)47-3)9-10-21-28(22)33(44)39(31(21)42)17-6-4-16(36)5-7-17/h4-9,11-14,21-23,28,30,41H,10,15H2,1-3H3. The molecule has 1 saturated carbocycles. The number of phenols is 1. The highest BCUT2D eigenvalue weighted by molar-refractivity contribution is 6.32. The minimum Gasteiger partial charge on any atom is -0.508 e. The van der Waals surface area contributed by atoms with Gasteiger partial charge in [0.25, 0.3) is 0 Å². The van der Waals surface area contributed by atoms with E-state index in [-0.39, 0.29) is 46.7 Å². The van der Waals surface area contributed by atoms with Crippen molar-refractivity contribution in [2.45, 2.75) is 25.7 Å². The smallest absolute Gasteiger partial charge is 0.241 e. The molecule has 2 saturated heterocycles. The van der Waals surface area contributed by atoms with Gasteiger partial charge in [0.2, 0.25) is 23.6 Å². The number of methoxy groups -OCH3 is 2. The number of hydrogen-bond donors (Lipinski definition) is 1. The normalized spacial score (nSPS) is 28.2. The third-order valence-corrected chi connectivity index (χ3v) is 10.9. The highest BCUT2D eigenvalue weighted by atomic mass is 35.5. The number of phenolic OH excluding ortho intramolecular Hbond substituents is 1. The molecule has 3 fully saturated rings. The molecule has 3 aromatic carbocycles. The van der Waals surface area contributed by atoms with Gasteiger partial charge >= 0.3 is 0 Å². The summed E-state index contributed by atoms with van der Waals surface area (Å²) < 4.78 is 25.6. The Balaban J connectivity index is 1.42. The van der Waals surface area contributed by atoms with Crippen LogP contribution < -0.4 is 19.3 Å². The predicted molar refractivity (Wildman–Crippen MR) is 171 cm³/mol. The molecule has 9 nitrogen and oxygen atoms in total. The van der Waals surface area contributed by atoms with E-state index in [2.05, 4.69) is 0 Å². The van der Waals surface area contributed by atoms with Crippen LogP contribution >= 0.6 is 23.2 Å². The molecular weight excluding hydrogens is 650 g/mol. The number of allylic oxidation sites excluding steroid dienone is 2. The zero-order chi connectivity index (χ0) is 33.5. The Morgan fingerprint density at radius 1 is 0.851 bits per heavy atom. The van der Waals surface area contributed by atoms with Gasteiger partial charge in [0.1, 0.15) is 23.1 Å². The summed E-state index contributed by atoms with van der Waals surface area (Å²) in [6.07, 6.45) is 2.23. The minimum absolute atomic E-state index is 0.103. The molecule has 0 radical (unpaired) electrons. The topological polar surface area (TPSA) is 113 Å². The van der Waals surface area contributed by atoms with Gasteiger partial charge in [-0.3, -0.25) is 24.1 Å². The van der Waals surface area contributed by atoms with Crippen LogP contribution in [0.3, 0.4) is 0 Å². The van der Waals surface area contributed by atoms with E-state index < -0.39 is 58.5 Å². The number of ether oxygens (including phenoxy) is 2. The summed E-state index contributed by atoms with van der Waals surface area (Å²) in [6.45, 7) is 1.70. The van der Waals surface area contributed by atoms with Gasteiger partial charge in [-0.25, -0.2) is 9.29 Å². The lowest BCUT2D eigenvalue weighted by atomic mass is 9.51. The van der Waals surface area contributed by atoms with E-state index in [1.54, 1.807) is 31.2 Å². The monoisotopic (exact) mass is 678 g/mol. The Morgan fingerprint density at radius 2 is 1.49 bits per heavy atom. The van der Waals surface area contributed by atoms with E-state index >= 15 is 0 Å². The lowest BCUT2D eigenvalue weighted by Crippen LogP contribution is -2.49. The van der Waals surface area contributed by atoms with E-state index in [1.807, 2.05) is 6.08 Å². The van der Waals surface area contributed by atoms with E-state index in [0.717, 1.165) is 11.0 Å². The number of nitrogens with zero attached hydrogens (tertiary/aromatic N) is 2. The van der Waals surface area contributed by atoms with Crippen molar-refractivity contribution in [3.63, 3.8) is 0 Å². The summed E-state index contributed by atoms with van der Waals surface area (Å²) in [5, 5.41) is 10.7. The number of fused-ring (bicyclic) bond motifs is 4. The number of hydrogen-bond acceptors (Lipinski definition) is 7. The molecule has 12 heteroatoms. The van der Waals surface area contributed by atoms with Gasteiger partial charge in [-0.2, -0.15) is 0 Å². The largest absolute Gasteiger partial charge is 0.508 e. The van der Waals surface area contributed by atoms with Crippen LogP contribution in [0.1, 0.15) is 31.2 Å². The molecule has 2 heterocycles. The van der Waals surface area contributed by atoms with Crippen LogP contribution in [-0.4, -0.2) is 43.0 Å². The second kappa shape index (κ2) is 11.1. The number of carbonyl (C=O) groups is 4. The molecule has 0 bridgehead atoms. The predicted octanol–water partition coefficient (Wildman–Crippen LogP) is 6.29. The molecule has 6 unspecified atom stereocenters. The first-order chi connectivity index (χ1) is 22.4. The minimum atomic E-state index is -1.44. The Labute approximate surface area is 279 Å². The van der Waals surface area contributed by atoms with Crippen molar-refractivity contribution >= 4 is 58.2 Å². The Hall–Kier alpha value is -4.41. The number of amides is 4. The quantitative estimate of drug-likeness (QED) is 0.249. The van der Waals surface area contributed by atoms with Crippen LogP contribution in [0.2, 0.25) is 10.0 Å². The molecule has 1 N–H and O–H groups in total. The number of aromatic hydroxyl groups is 1. The summed E-state index contributed by atoms with van der Waals surface area (Å²) in [4.78, 5) is 59.3. The van der Waals surface area contributed by atoms with Gasteiger partial charge in [0.15, 0.2) is 0 Å². The Bertz CT molecular complexity index is 1890. The van der Waals surface area contributed by atoms with Gasteiger partial charge in [-0.15, -0.1) is 0 Å². The molecule has 3 aromatic rings. The molecule has 2 aliphatic heterocycles. The van der Waals surface area contributed by atoms with Gasteiger partial charge in [0.05, 0.1) is 53.8 Å². The van der Waals surface area contributed by atoms with Gasteiger partial charge in [0, 0.05) is 28.6 Å². The number of benzene rings is 3. The average Bonchev–Trinajstić information content (AvgIpc) is 3.42. The maximum absolute atomic E-state index is 14.7. The van der Waals surface area contributed by atoms with Crippen LogP contribution in [0.25, 0.3) is 0 Å². The Kier molecular flexibility index (Phi) is 7.37. The van der Waals surface area contributed by atoms with Crippen LogP contribution in [0.5, 0.6) is 17.2 Å². The molecule has 2 aliphatic carbocycles. The summed E-state index contributed by atoms with van der Waals surface area (Å²) >= 11 is 12.2. The van der Waals surface area contributed by atoms with Crippen LogP contribution in [0.4, 0.5) is 15.8 Å². The lowest BCUT2D eigenvalue weighted by molar-refractivity contribution is -0.131. The molecule has 4 amide bonds. The number of halogens is 3.